The number of aryl methyl sites for hydroxylation is 3. The molecule has 2 heterocycles. The third kappa shape index (κ3) is 4.12. The normalized spacial score (nSPS) is 10.2. The minimum Gasteiger partial charge on any atom is -0.480 e. The summed E-state index contributed by atoms with van der Waals surface area (Å²) in [5, 5.41) is 11.3. The summed E-state index contributed by atoms with van der Waals surface area (Å²) in [6.07, 6.45) is 0. The standard InChI is InChI=1S/C14H14N4O.C3H7NO2.FH/c1-7-4-5-10-9(6-7)13-11(12(17-10)14(15)19)16-8(2)18(13)3;1-4-2-3(5)6;/h4-6H,1-3H3,(H2,15,19);4H,2H2,1H3,(H,5,6);1H. The van der Waals surface area contributed by atoms with Crippen LogP contribution in [0.3, 0.4) is 0 Å². The van der Waals surface area contributed by atoms with Crippen molar-refractivity contribution in [3.05, 3.63) is 35.3 Å². The van der Waals surface area contributed by atoms with Crippen molar-refractivity contribution in [3.8, 4) is 0 Å². The first-order valence-corrected chi connectivity index (χ1v) is 7.65. The number of carboxylic acid groups (broad SMARTS) is 1. The number of amides is 1. The van der Waals surface area contributed by atoms with Crippen molar-refractivity contribution in [2.45, 2.75) is 13.8 Å². The summed E-state index contributed by atoms with van der Waals surface area (Å²) in [5.74, 6) is -0.545. The number of carboxylic acids is 1. The molecule has 140 valence electrons. The van der Waals surface area contributed by atoms with Crippen molar-refractivity contribution in [1.29, 1.82) is 0 Å². The largest absolute Gasteiger partial charge is 0.480 e. The Balaban J connectivity index is 0.000000422. The first-order chi connectivity index (χ1) is 11.8. The molecule has 1 amide bonds. The Kier molecular flexibility index (Phi) is 6.73. The number of hydrogen-bond donors (Lipinski definition) is 3. The highest BCUT2D eigenvalue weighted by atomic mass is 19.0. The van der Waals surface area contributed by atoms with Gasteiger partial charge in [-0.3, -0.25) is 14.3 Å². The number of primary amides is 1. The van der Waals surface area contributed by atoms with Crippen LogP contribution in [0.15, 0.2) is 18.2 Å². The molecular weight excluding hydrogens is 341 g/mol. The predicted octanol–water partition coefficient (Wildman–Crippen LogP) is 1.28. The van der Waals surface area contributed by atoms with Crippen LogP contribution in [0.4, 0.5) is 4.70 Å². The van der Waals surface area contributed by atoms with Crippen molar-refractivity contribution in [2.24, 2.45) is 12.8 Å². The number of aromatic nitrogens is 3. The number of aliphatic carboxylic acids is 1. The fraction of sp³-hybridized carbons (Fsp3) is 0.294. The Bertz CT molecular complexity index is 968. The van der Waals surface area contributed by atoms with Crippen LogP contribution in [-0.2, 0) is 11.8 Å². The molecule has 8 nitrogen and oxygen atoms in total. The summed E-state index contributed by atoms with van der Waals surface area (Å²) >= 11 is 0. The van der Waals surface area contributed by atoms with Gasteiger partial charge in [0.1, 0.15) is 11.3 Å². The Hall–Kier alpha value is -3.07. The Morgan fingerprint density at radius 3 is 2.42 bits per heavy atom. The zero-order valence-electron chi connectivity index (χ0n) is 15.0. The third-order valence-electron chi connectivity index (χ3n) is 3.74. The van der Waals surface area contributed by atoms with Crippen LogP contribution >= 0.6 is 0 Å². The Morgan fingerprint density at radius 2 is 1.92 bits per heavy atom. The number of carbonyl (C=O) groups is 2. The number of hydrogen-bond acceptors (Lipinski definition) is 5. The van der Waals surface area contributed by atoms with Gasteiger partial charge in [0.15, 0.2) is 5.69 Å². The van der Waals surface area contributed by atoms with E-state index in [1.54, 1.807) is 7.05 Å². The molecule has 0 aliphatic heterocycles. The number of carbonyl (C=O) groups excluding carboxylic acids is 1. The van der Waals surface area contributed by atoms with Crippen molar-refractivity contribution >= 4 is 33.8 Å². The molecule has 9 heteroatoms. The quantitative estimate of drug-likeness (QED) is 0.644. The first-order valence-electron chi connectivity index (χ1n) is 7.65. The van der Waals surface area contributed by atoms with E-state index in [0.717, 1.165) is 27.8 Å². The summed E-state index contributed by atoms with van der Waals surface area (Å²) in [7, 11) is 3.52. The van der Waals surface area contributed by atoms with Crippen LogP contribution in [0, 0.1) is 13.8 Å². The number of fused-ring (bicyclic) bond motifs is 3. The van der Waals surface area contributed by atoms with Crippen LogP contribution in [0.5, 0.6) is 0 Å². The zero-order valence-corrected chi connectivity index (χ0v) is 15.0. The highest BCUT2D eigenvalue weighted by Crippen LogP contribution is 2.27. The lowest BCUT2D eigenvalue weighted by Crippen LogP contribution is -2.16. The Labute approximate surface area is 149 Å². The van der Waals surface area contributed by atoms with E-state index >= 15 is 0 Å². The minimum atomic E-state index is -0.822. The number of likely N-dealkylation sites (N-methyl/N-ethyl adjacent to an activating group) is 1. The Morgan fingerprint density at radius 1 is 1.27 bits per heavy atom. The van der Waals surface area contributed by atoms with E-state index in [-0.39, 0.29) is 16.9 Å². The van der Waals surface area contributed by atoms with Gasteiger partial charge >= 0.3 is 5.97 Å². The van der Waals surface area contributed by atoms with Crippen LogP contribution in [0.25, 0.3) is 21.9 Å². The van der Waals surface area contributed by atoms with Gasteiger partial charge in [-0.05, 0) is 33.0 Å². The fourth-order valence-electron chi connectivity index (χ4n) is 2.52. The molecule has 0 spiro atoms. The molecule has 3 rings (SSSR count). The van der Waals surface area contributed by atoms with Gasteiger partial charge in [0.05, 0.1) is 17.6 Å². The fourth-order valence-corrected chi connectivity index (χ4v) is 2.52. The number of pyridine rings is 1. The number of nitrogens with zero attached hydrogens (tertiary/aromatic N) is 3. The van der Waals surface area contributed by atoms with Gasteiger partial charge in [-0.2, -0.15) is 0 Å². The van der Waals surface area contributed by atoms with Crippen LogP contribution in [0.1, 0.15) is 21.9 Å². The van der Waals surface area contributed by atoms with E-state index in [4.69, 9.17) is 10.8 Å². The zero-order chi connectivity index (χ0) is 18.7. The SMILES string of the molecule is CNCC(=O)O.Cc1ccc2nc(C(N)=O)c3nc(C)n(C)c3c2c1.F. The summed E-state index contributed by atoms with van der Waals surface area (Å²) in [6, 6.07) is 5.92. The number of benzene rings is 1. The monoisotopic (exact) mass is 363 g/mol. The van der Waals surface area contributed by atoms with Crippen molar-refractivity contribution in [2.75, 3.05) is 13.6 Å². The number of nitrogens with one attached hydrogen (secondary N) is 1. The molecule has 0 bridgehead atoms. The van der Waals surface area contributed by atoms with Crippen molar-refractivity contribution < 1.29 is 19.4 Å². The second kappa shape index (κ2) is 8.34. The second-order valence-corrected chi connectivity index (χ2v) is 5.68. The number of rotatable bonds is 3. The van der Waals surface area contributed by atoms with Crippen LogP contribution in [-0.4, -0.2) is 45.1 Å². The van der Waals surface area contributed by atoms with Crippen molar-refractivity contribution in [1.82, 2.24) is 19.9 Å². The molecule has 0 saturated heterocycles. The van der Waals surface area contributed by atoms with Crippen LogP contribution < -0.4 is 11.1 Å². The molecule has 3 aromatic rings. The van der Waals surface area contributed by atoms with Gasteiger partial charge in [-0.25, -0.2) is 9.97 Å². The maximum atomic E-state index is 11.6. The molecule has 0 unspecified atom stereocenters. The summed E-state index contributed by atoms with van der Waals surface area (Å²) in [6.45, 7) is 3.96. The summed E-state index contributed by atoms with van der Waals surface area (Å²) in [5.41, 5.74) is 9.02. The second-order valence-electron chi connectivity index (χ2n) is 5.68. The first kappa shape index (κ1) is 21.0. The number of halogens is 1. The van der Waals surface area contributed by atoms with E-state index in [1.807, 2.05) is 37.6 Å². The molecule has 0 atom stereocenters. The molecule has 0 aliphatic carbocycles. The molecule has 26 heavy (non-hydrogen) atoms. The molecule has 0 fully saturated rings. The van der Waals surface area contributed by atoms with Gasteiger partial charge in [0, 0.05) is 12.4 Å². The summed E-state index contributed by atoms with van der Waals surface area (Å²) in [4.78, 5) is 29.9. The van der Waals surface area contributed by atoms with Gasteiger partial charge < -0.3 is 20.7 Å². The van der Waals surface area contributed by atoms with Gasteiger partial charge in [0.2, 0.25) is 0 Å². The van der Waals surface area contributed by atoms with E-state index in [1.165, 1.54) is 0 Å². The molecule has 1 aromatic carbocycles. The number of nitrogens with two attached hydrogens (primary N) is 1. The maximum Gasteiger partial charge on any atom is 0.317 e. The maximum absolute atomic E-state index is 11.6. The third-order valence-corrected chi connectivity index (χ3v) is 3.74. The van der Waals surface area contributed by atoms with E-state index in [0.29, 0.717) is 5.52 Å². The smallest absolute Gasteiger partial charge is 0.317 e. The van der Waals surface area contributed by atoms with Crippen LogP contribution in [0.2, 0.25) is 0 Å². The molecule has 4 N–H and O–H groups in total. The lowest BCUT2D eigenvalue weighted by atomic mass is 10.1. The van der Waals surface area contributed by atoms with Crippen molar-refractivity contribution in [3.63, 3.8) is 0 Å². The average molecular weight is 363 g/mol. The minimum absolute atomic E-state index is 0. The van der Waals surface area contributed by atoms with Gasteiger partial charge in [-0.15, -0.1) is 0 Å². The molecule has 0 aliphatic rings. The van der Waals surface area contributed by atoms with E-state index in [9.17, 15) is 9.59 Å². The predicted molar refractivity (Wildman–Crippen MR) is 98.1 cm³/mol. The van der Waals surface area contributed by atoms with E-state index < -0.39 is 11.9 Å². The summed E-state index contributed by atoms with van der Waals surface area (Å²) < 4.78 is 1.96. The van der Waals surface area contributed by atoms with Gasteiger partial charge in [-0.1, -0.05) is 11.6 Å². The molecule has 0 radical (unpaired) electrons. The topological polar surface area (TPSA) is 123 Å². The average Bonchev–Trinajstić information content (AvgIpc) is 2.82. The molecule has 2 aromatic heterocycles. The lowest BCUT2D eigenvalue weighted by molar-refractivity contribution is -0.135. The molecule has 0 saturated carbocycles. The number of imidazole rings is 1. The highest BCUT2D eigenvalue weighted by Gasteiger charge is 2.17. The lowest BCUT2D eigenvalue weighted by Gasteiger charge is -2.05. The highest BCUT2D eigenvalue weighted by molar-refractivity contribution is 6.11. The van der Waals surface area contributed by atoms with Gasteiger partial charge in [0.25, 0.3) is 5.91 Å². The van der Waals surface area contributed by atoms with E-state index in [2.05, 4.69) is 21.4 Å². The molecular formula is C17H22FN5O3.